The molecule has 0 amide bonds. The Morgan fingerprint density at radius 1 is 0.818 bits per heavy atom. The number of nitrogens with zero attached hydrogens (tertiary/aromatic N) is 1. The van der Waals surface area contributed by atoms with Gasteiger partial charge in [0.15, 0.2) is 0 Å². The zero-order chi connectivity index (χ0) is 25.7. The number of hydrogen-bond donors (Lipinski definition) is 3. The Hall–Kier alpha value is -2.22. The van der Waals surface area contributed by atoms with Crippen molar-refractivity contribution in [2.75, 3.05) is 39.6 Å². The minimum atomic E-state index is -1.34. The van der Waals surface area contributed by atoms with Gasteiger partial charge in [0, 0.05) is 0 Å². The van der Waals surface area contributed by atoms with Crippen LogP contribution in [-0.2, 0) is 28.6 Å². The van der Waals surface area contributed by atoms with E-state index in [4.69, 9.17) is 29.5 Å². The van der Waals surface area contributed by atoms with Crippen molar-refractivity contribution in [3.05, 3.63) is 0 Å². The molecule has 0 aromatic rings. The van der Waals surface area contributed by atoms with Crippen molar-refractivity contribution < 1.29 is 43.9 Å². The number of aliphatic hydroxyl groups is 3. The van der Waals surface area contributed by atoms with Gasteiger partial charge >= 0.3 is 17.9 Å². The van der Waals surface area contributed by atoms with Gasteiger partial charge in [-0.1, -0.05) is 6.92 Å². The largest absolute Gasteiger partial charge is 0.463 e. The van der Waals surface area contributed by atoms with Gasteiger partial charge in [-0.3, -0.25) is 14.4 Å². The Balaban J connectivity index is 6.01. The zero-order valence-corrected chi connectivity index (χ0v) is 20.4. The van der Waals surface area contributed by atoms with Crippen molar-refractivity contribution in [2.24, 2.45) is 22.2 Å². The summed E-state index contributed by atoms with van der Waals surface area (Å²) in [5.74, 6) is -2.70. The third-order valence-electron chi connectivity index (χ3n) is 5.51. The average molecular weight is 474 g/mol. The second-order valence-corrected chi connectivity index (χ2v) is 9.51. The van der Waals surface area contributed by atoms with Crippen LogP contribution in [0.25, 0.3) is 0 Å². The average Bonchev–Trinajstić information content (AvgIpc) is 2.77. The molecule has 0 radical (unpaired) electrons. The lowest BCUT2D eigenvalue weighted by molar-refractivity contribution is -0.167. The van der Waals surface area contributed by atoms with E-state index in [1.54, 1.807) is 34.6 Å². The summed E-state index contributed by atoms with van der Waals surface area (Å²) in [6.45, 7) is 6.50. The fourth-order valence-electron chi connectivity index (χ4n) is 3.67. The van der Waals surface area contributed by atoms with Gasteiger partial charge in [0.1, 0.15) is 19.8 Å². The van der Waals surface area contributed by atoms with Gasteiger partial charge in [-0.05, 0) is 53.4 Å². The summed E-state index contributed by atoms with van der Waals surface area (Å²) in [6, 6.07) is 2.18. The number of carbonyl (C=O) groups is 3. The van der Waals surface area contributed by atoms with E-state index >= 15 is 0 Å². The Labute approximate surface area is 195 Å². The summed E-state index contributed by atoms with van der Waals surface area (Å²) in [6.07, 6.45) is 0.466. The van der Waals surface area contributed by atoms with Crippen LogP contribution in [0.1, 0.15) is 60.3 Å². The lowest BCUT2D eigenvalue weighted by Crippen LogP contribution is -2.43. The van der Waals surface area contributed by atoms with E-state index in [1.165, 1.54) is 0 Å². The van der Waals surface area contributed by atoms with Crippen molar-refractivity contribution in [3.8, 4) is 6.07 Å². The Bertz CT molecular complexity index is 688. The molecular formula is C23H39NO9. The molecule has 0 heterocycles. The molecule has 0 fully saturated rings. The fourth-order valence-corrected chi connectivity index (χ4v) is 3.67. The normalized spacial score (nSPS) is 16.0. The fraction of sp³-hybridized carbons (Fsp3) is 0.826. The molecule has 3 atom stereocenters. The third kappa shape index (κ3) is 10.5. The number of nitriles is 1. The monoisotopic (exact) mass is 473 g/mol. The van der Waals surface area contributed by atoms with E-state index in [-0.39, 0.29) is 58.9 Å². The van der Waals surface area contributed by atoms with E-state index in [9.17, 15) is 19.6 Å². The second kappa shape index (κ2) is 14.1. The first-order chi connectivity index (χ1) is 15.3. The standard InChI is InChI=1S/C23H39NO9/c1-17(18(28)31-11-8-25)14-23(5,20(30)33-13-10-27)15-22(4,19(29)32-12-9-26)7-6-21(2,3)16-24/h17,25-27H,6-15H2,1-5H3. The maximum absolute atomic E-state index is 13.0. The summed E-state index contributed by atoms with van der Waals surface area (Å²) >= 11 is 0. The van der Waals surface area contributed by atoms with Crippen LogP contribution in [0.15, 0.2) is 0 Å². The van der Waals surface area contributed by atoms with Gasteiger partial charge in [-0.15, -0.1) is 0 Å². The number of esters is 3. The van der Waals surface area contributed by atoms with Crippen LogP contribution in [0.3, 0.4) is 0 Å². The van der Waals surface area contributed by atoms with Crippen LogP contribution in [0.5, 0.6) is 0 Å². The summed E-state index contributed by atoms with van der Waals surface area (Å²) in [5.41, 5.74) is -3.30. The Kier molecular flexibility index (Phi) is 13.2. The molecule has 0 aromatic heterocycles. The molecule has 0 aliphatic rings. The van der Waals surface area contributed by atoms with Crippen molar-refractivity contribution in [1.82, 2.24) is 0 Å². The number of rotatable bonds is 16. The number of ether oxygens (including phenoxy) is 3. The molecule has 190 valence electrons. The SMILES string of the molecule is CC(CC(C)(CC(C)(CCC(C)(C)C#N)C(=O)OCCO)C(=O)OCCO)C(=O)OCCO. The summed E-state index contributed by atoms with van der Waals surface area (Å²) in [5, 5.41) is 36.4. The number of aliphatic hydroxyl groups excluding tert-OH is 3. The lowest BCUT2D eigenvalue weighted by atomic mass is 9.66. The molecule has 3 N–H and O–H groups in total. The van der Waals surface area contributed by atoms with Crippen molar-refractivity contribution >= 4 is 17.9 Å². The van der Waals surface area contributed by atoms with Crippen LogP contribution < -0.4 is 0 Å². The zero-order valence-electron chi connectivity index (χ0n) is 20.4. The smallest absolute Gasteiger partial charge is 0.311 e. The summed E-state index contributed by atoms with van der Waals surface area (Å²) < 4.78 is 15.3. The Morgan fingerprint density at radius 2 is 1.27 bits per heavy atom. The molecule has 0 saturated carbocycles. The van der Waals surface area contributed by atoms with E-state index in [0.29, 0.717) is 6.42 Å². The number of carbonyl (C=O) groups excluding carboxylic acids is 3. The molecule has 0 aliphatic heterocycles. The van der Waals surface area contributed by atoms with Gasteiger partial charge in [0.05, 0.1) is 48.1 Å². The van der Waals surface area contributed by atoms with Crippen LogP contribution in [0, 0.1) is 33.5 Å². The van der Waals surface area contributed by atoms with E-state index in [0.717, 1.165) is 0 Å². The van der Waals surface area contributed by atoms with Gasteiger partial charge in [0.2, 0.25) is 0 Å². The van der Waals surface area contributed by atoms with Crippen LogP contribution in [0.2, 0.25) is 0 Å². The first-order valence-corrected chi connectivity index (χ1v) is 11.1. The van der Waals surface area contributed by atoms with Gasteiger partial charge in [-0.25, -0.2) is 0 Å². The summed E-state index contributed by atoms with van der Waals surface area (Å²) in [4.78, 5) is 38.2. The molecule has 0 aliphatic carbocycles. The molecule has 0 saturated heterocycles. The molecule has 10 heteroatoms. The second-order valence-electron chi connectivity index (χ2n) is 9.51. The third-order valence-corrected chi connectivity index (χ3v) is 5.51. The van der Waals surface area contributed by atoms with Crippen molar-refractivity contribution in [2.45, 2.75) is 60.3 Å². The highest BCUT2D eigenvalue weighted by Gasteiger charge is 2.48. The highest BCUT2D eigenvalue weighted by atomic mass is 16.6. The maximum Gasteiger partial charge on any atom is 0.311 e. The van der Waals surface area contributed by atoms with E-state index < -0.39 is 40.1 Å². The van der Waals surface area contributed by atoms with E-state index in [1.807, 2.05) is 0 Å². The van der Waals surface area contributed by atoms with Crippen LogP contribution in [-0.4, -0.2) is 72.9 Å². The van der Waals surface area contributed by atoms with Crippen LogP contribution in [0.4, 0.5) is 0 Å². The minimum absolute atomic E-state index is 0.0218. The first-order valence-electron chi connectivity index (χ1n) is 11.1. The van der Waals surface area contributed by atoms with E-state index in [2.05, 4.69) is 6.07 Å². The van der Waals surface area contributed by atoms with Gasteiger partial charge in [-0.2, -0.15) is 5.26 Å². The molecular weight excluding hydrogens is 434 g/mol. The minimum Gasteiger partial charge on any atom is -0.463 e. The van der Waals surface area contributed by atoms with Crippen molar-refractivity contribution in [1.29, 1.82) is 5.26 Å². The molecule has 0 aromatic carbocycles. The van der Waals surface area contributed by atoms with Crippen molar-refractivity contribution in [3.63, 3.8) is 0 Å². The Morgan fingerprint density at radius 3 is 1.73 bits per heavy atom. The van der Waals surface area contributed by atoms with Gasteiger partial charge in [0.25, 0.3) is 0 Å². The molecule has 10 nitrogen and oxygen atoms in total. The number of hydrogen-bond acceptors (Lipinski definition) is 10. The topological polar surface area (TPSA) is 163 Å². The molecule has 0 spiro atoms. The first kappa shape index (κ1) is 30.8. The predicted octanol–water partition coefficient (Wildman–Crippen LogP) is 1.35. The molecule has 33 heavy (non-hydrogen) atoms. The molecule has 3 unspecified atom stereocenters. The van der Waals surface area contributed by atoms with Gasteiger partial charge < -0.3 is 29.5 Å². The predicted molar refractivity (Wildman–Crippen MR) is 117 cm³/mol. The van der Waals surface area contributed by atoms with Crippen LogP contribution >= 0.6 is 0 Å². The highest BCUT2D eigenvalue weighted by molar-refractivity contribution is 5.81. The maximum atomic E-state index is 13.0. The lowest BCUT2D eigenvalue weighted by Gasteiger charge is -2.38. The molecule has 0 bridgehead atoms. The summed E-state index contributed by atoms with van der Waals surface area (Å²) in [7, 11) is 0. The quantitative estimate of drug-likeness (QED) is 0.220. The highest BCUT2D eigenvalue weighted by Crippen LogP contribution is 2.45. The molecule has 0 rings (SSSR count).